The van der Waals surface area contributed by atoms with Crippen LogP contribution in [0.3, 0.4) is 0 Å². The molecule has 0 radical (unpaired) electrons. The second-order valence-corrected chi connectivity index (χ2v) is 16.2. The molecule has 6 heterocycles. The molecule has 0 fully saturated rings. The van der Waals surface area contributed by atoms with E-state index >= 15 is 0 Å². The van der Waals surface area contributed by atoms with Crippen molar-refractivity contribution in [1.82, 2.24) is 9.13 Å². The topological polar surface area (TPSA) is 22.3 Å². The second kappa shape index (κ2) is 10.0. The van der Waals surface area contributed by atoms with E-state index in [-0.39, 0.29) is 13.4 Å². The quantitative estimate of drug-likeness (QED) is 0.161. The molecule has 8 aromatic carbocycles. The predicted octanol–water partition coefficient (Wildman–Crippen LogP) is 8.05. The van der Waals surface area contributed by atoms with Crippen molar-refractivity contribution in [2.45, 2.75) is 13.8 Å². The number of hydrogen-bond donors (Lipinski definition) is 0. The lowest BCUT2D eigenvalue weighted by Crippen LogP contribution is -2.63. The van der Waals surface area contributed by atoms with Crippen molar-refractivity contribution in [2.75, 3.05) is 4.90 Å². The number of rotatable bonds is 1. The average Bonchev–Trinajstić information content (AvgIpc) is 3.75. The molecule has 2 aromatic heterocycles. The lowest BCUT2D eigenvalue weighted by molar-refractivity contribution is 0.487. The average molecular weight is 711 g/mol. The van der Waals surface area contributed by atoms with Crippen LogP contribution in [-0.2, 0) is 0 Å². The molecular formula is C50H31B2N3O. The number of fused-ring (bicyclic) bond motifs is 14. The van der Waals surface area contributed by atoms with Gasteiger partial charge in [-0.15, -0.1) is 0 Å². The van der Waals surface area contributed by atoms with Crippen LogP contribution in [0.5, 0.6) is 11.5 Å². The maximum absolute atomic E-state index is 7.18. The highest BCUT2D eigenvalue weighted by Crippen LogP contribution is 2.44. The summed E-state index contributed by atoms with van der Waals surface area (Å²) in [5.41, 5.74) is 21.4. The SMILES string of the molecule is Cc1cc2c3c(c1)-n1c4ccccc4c4cccc(c41)B3c1cc3c(cc1O2)N(c1ccccc1)c1cc(C)cc2c1B3c1cccc3c4ccccc4n-2c13. The zero-order valence-electron chi connectivity index (χ0n) is 30.8. The molecule has 14 rings (SSSR count). The Morgan fingerprint density at radius 3 is 1.64 bits per heavy atom. The molecule has 0 spiro atoms. The summed E-state index contributed by atoms with van der Waals surface area (Å²) in [6, 6.07) is 56.8. The van der Waals surface area contributed by atoms with Gasteiger partial charge in [0.25, 0.3) is 13.4 Å². The molecule has 4 nitrogen and oxygen atoms in total. The van der Waals surface area contributed by atoms with E-state index in [4.69, 9.17) is 4.74 Å². The first-order valence-corrected chi connectivity index (χ1v) is 19.7. The van der Waals surface area contributed by atoms with Crippen molar-refractivity contribution in [3.8, 4) is 22.9 Å². The summed E-state index contributed by atoms with van der Waals surface area (Å²) in [6.45, 7) is 4.48. The van der Waals surface area contributed by atoms with E-state index in [0.717, 1.165) is 17.2 Å². The summed E-state index contributed by atoms with van der Waals surface area (Å²) in [7, 11) is 0. The standard InChI is InChI=1S/C50H31B2N3O/c1-28-22-42-47-43(23-28)54-39-20-8-6-14-31(39)33-16-10-18-35(49(33)54)51(47)37-26-38-45(27-41(37)53(42)30-12-4-3-5-13-30)56-46-25-29(2)24-44-48(46)52(38)36-19-11-17-34-32-15-7-9-21-40(32)55(44)50(34)36/h3-27H,1-2H3. The molecule has 0 aliphatic carbocycles. The van der Waals surface area contributed by atoms with Gasteiger partial charge >= 0.3 is 0 Å². The Labute approximate surface area is 324 Å². The summed E-state index contributed by atoms with van der Waals surface area (Å²) in [5.74, 6) is 1.88. The molecule has 4 aliphatic heterocycles. The lowest BCUT2D eigenvalue weighted by Gasteiger charge is -2.42. The Bertz CT molecular complexity index is 3450. The molecule has 6 heteroatoms. The van der Waals surface area contributed by atoms with Crippen molar-refractivity contribution in [3.63, 3.8) is 0 Å². The highest BCUT2D eigenvalue weighted by molar-refractivity contribution is 7.02. The number of anilines is 3. The van der Waals surface area contributed by atoms with Gasteiger partial charge in [0.2, 0.25) is 0 Å². The Morgan fingerprint density at radius 2 is 0.964 bits per heavy atom. The minimum absolute atomic E-state index is 0.0186. The maximum Gasteiger partial charge on any atom is 0.256 e. The summed E-state index contributed by atoms with van der Waals surface area (Å²) in [4.78, 5) is 2.49. The number of para-hydroxylation sites is 5. The molecule has 56 heavy (non-hydrogen) atoms. The normalized spacial score (nSPS) is 13.9. The third-order valence-corrected chi connectivity index (χ3v) is 13.2. The third kappa shape index (κ3) is 3.42. The molecule has 0 atom stereocenters. The Morgan fingerprint density at radius 1 is 0.411 bits per heavy atom. The minimum Gasteiger partial charge on any atom is -0.458 e. The highest BCUT2D eigenvalue weighted by atomic mass is 16.5. The van der Waals surface area contributed by atoms with Gasteiger partial charge in [0.05, 0.1) is 11.0 Å². The van der Waals surface area contributed by atoms with Gasteiger partial charge < -0.3 is 18.8 Å². The largest absolute Gasteiger partial charge is 0.458 e. The molecule has 0 saturated carbocycles. The molecule has 258 valence electrons. The molecule has 10 aromatic rings. The van der Waals surface area contributed by atoms with Crippen molar-refractivity contribution >= 4 is 107 Å². The molecule has 0 bridgehead atoms. The van der Waals surface area contributed by atoms with Crippen molar-refractivity contribution in [3.05, 3.63) is 163 Å². The van der Waals surface area contributed by atoms with Crippen molar-refractivity contribution in [2.24, 2.45) is 0 Å². The Kier molecular flexibility index (Phi) is 5.28. The van der Waals surface area contributed by atoms with Crippen LogP contribution >= 0.6 is 0 Å². The summed E-state index contributed by atoms with van der Waals surface area (Å²) in [6.07, 6.45) is 0. The van der Waals surface area contributed by atoms with Gasteiger partial charge in [-0.3, -0.25) is 0 Å². The number of ether oxygens (including phenoxy) is 1. The van der Waals surface area contributed by atoms with Crippen LogP contribution in [0.2, 0.25) is 0 Å². The number of aromatic nitrogens is 2. The van der Waals surface area contributed by atoms with E-state index in [0.29, 0.717) is 0 Å². The van der Waals surface area contributed by atoms with Crippen LogP contribution in [-0.4, -0.2) is 22.6 Å². The number of nitrogens with zero attached hydrogens (tertiary/aromatic N) is 3. The maximum atomic E-state index is 7.18. The monoisotopic (exact) mass is 711 g/mol. The van der Waals surface area contributed by atoms with Gasteiger partial charge in [0, 0.05) is 67.1 Å². The van der Waals surface area contributed by atoms with Crippen LogP contribution in [0, 0.1) is 13.8 Å². The minimum atomic E-state index is 0.0186. The van der Waals surface area contributed by atoms with Gasteiger partial charge in [0.15, 0.2) is 0 Å². The summed E-state index contributed by atoms with van der Waals surface area (Å²) < 4.78 is 12.2. The second-order valence-electron chi connectivity index (χ2n) is 16.2. The van der Waals surface area contributed by atoms with E-state index in [1.165, 1.54) is 110 Å². The molecule has 0 saturated heterocycles. The van der Waals surface area contributed by atoms with Crippen molar-refractivity contribution < 1.29 is 4.74 Å². The van der Waals surface area contributed by atoms with E-state index < -0.39 is 0 Å². The fraction of sp³-hybridized carbons (Fsp3) is 0.0400. The molecule has 0 unspecified atom stereocenters. The third-order valence-electron chi connectivity index (χ3n) is 13.2. The van der Waals surface area contributed by atoms with E-state index in [9.17, 15) is 0 Å². The fourth-order valence-corrected chi connectivity index (χ4v) is 11.2. The van der Waals surface area contributed by atoms with Crippen LogP contribution in [0.15, 0.2) is 152 Å². The first-order chi connectivity index (χ1) is 27.6. The predicted molar refractivity (Wildman–Crippen MR) is 235 cm³/mol. The van der Waals surface area contributed by atoms with E-state index in [1.807, 2.05) is 0 Å². The van der Waals surface area contributed by atoms with E-state index in [1.54, 1.807) is 0 Å². The lowest BCUT2D eigenvalue weighted by atomic mass is 9.31. The first-order valence-electron chi connectivity index (χ1n) is 19.7. The Hall–Kier alpha value is -6.91. The summed E-state index contributed by atoms with van der Waals surface area (Å²) in [5, 5.41) is 5.19. The zero-order valence-corrected chi connectivity index (χ0v) is 30.8. The van der Waals surface area contributed by atoms with Gasteiger partial charge in [0.1, 0.15) is 11.5 Å². The smallest absolute Gasteiger partial charge is 0.256 e. The molecular weight excluding hydrogens is 680 g/mol. The molecule has 0 N–H and O–H groups in total. The van der Waals surface area contributed by atoms with Gasteiger partial charge in [-0.1, -0.05) is 97.1 Å². The number of hydrogen-bond acceptors (Lipinski definition) is 2. The zero-order chi connectivity index (χ0) is 36.6. The molecule has 0 amide bonds. The van der Waals surface area contributed by atoms with Crippen molar-refractivity contribution in [1.29, 1.82) is 0 Å². The number of aryl methyl sites for hydroxylation is 2. The van der Waals surface area contributed by atoms with Gasteiger partial charge in [-0.05, 0) is 106 Å². The van der Waals surface area contributed by atoms with E-state index in [2.05, 4.69) is 180 Å². The fourth-order valence-electron chi connectivity index (χ4n) is 11.2. The van der Waals surface area contributed by atoms with Gasteiger partial charge in [-0.25, -0.2) is 0 Å². The van der Waals surface area contributed by atoms with Crippen LogP contribution in [0.4, 0.5) is 17.1 Å². The number of benzene rings is 8. The van der Waals surface area contributed by atoms with Crippen LogP contribution < -0.4 is 42.4 Å². The highest BCUT2D eigenvalue weighted by Gasteiger charge is 2.46. The van der Waals surface area contributed by atoms with Crippen LogP contribution in [0.25, 0.3) is 55.0 Å². The summed E-state index contributed by atoms with van der Waals surface area (Å²) >= 11 is 0. The van der Waals surface area contributed by atoms with Gasteiger partial charge in [-0.2, -0.15) is 0 Å². The van der Waals surface area contributed by atoms with Crippen LogP contribution in [0.1, 0.15) is 11.1 Å². The first kappa shape index (κ1) is 29.4. The molecule has 4 aliphatic rings. The Balaban J connectivity index is 1.13.